The second-order valence-corrected chi connectivity index (χ2v) is 6.58. The minimum Gasteiger partial charge on any atom is -0.497 e. The zero-order chi connectivity index (χ0) is 18.0. The summed E-state index contributed by atoms with van der Waals surface area (Å²) in [6.07, 6.45) is 0.0586. The predicted molar refractivity (Wildman–Crippen MR) is 99.7 cm³/mol. The summed E-state index contributed by atoms with van der Waals surface area (Å²) in [7, 11) is 3.50. The molecule has 0 saturated heterocycles. The Morgan fingerprint density at radius 1 is 1.28 bits per heavy atom. The highest BCUT2D eigenvalue weighted by atomic mass is 32.1. The van der Waals surface area contributed by atoms with E-state index in [0.29, 0.717) is 12.4 Å². The van der Waals surface area contributed by atoms with Crippen LogP contribution in [0, 0.1) is 6.92 Å². The normalized spacial score (nSPS) is 10.8. The van der Waals surface area contributed by atoms with Gasteiger partial charge in [-0.25, -0.2) is 9.97 Å². The number of methoxy groups -OCH3 is 1. The summed E-state index contributed by atoms with van der Waals surface area (Å²) in [6, 6.07) is 7.84. The number of aryl methyl sites for hydroxylation is 1. The Labute approximate surface area is 149 Å². The van der Waals surface area contributed by atoms with Crippen LogP contribution in [0.15, 0.2) is 29.6 Å². The lowest BCUT2D eigenvalue weighted by molar-refractivity contribution is -0.136. The largest absolute Gasteiger partial charge is 0.497 e. The van der Waals surface area contributed by atoms with Crippen molar-refractivity contribution in [2.45, 2.75) is 13.3 Å². The van der Waals surface area contributed by atoms with E-state index in [4.69, 9.17) is 9.84 Å². The van der Waals surface area contributed by atoms with Crippen LogP contribution >= 0.6 is 11.3 Å². The van der Waals surface area contributed by atoms with E-state index in [1.165, 1.54) is 0 Å². The van der Waals surface area contributed by atoms with Gasteiger partial charge in [0.2, 0.25) is 0 Å². The number of aliphatic carboxylic acids is 1. The smallest absolute Gasteiger partial charge is 0.305 e. The van der Waals surface area contributed by atoms with Gasteiger partial charge < -0.3 is 14.7 Å². The fourth-order valence-corrected chi connectivity index (χ4v) is 3.64. The molecular formula is C18H19N3O3S. The van der Waals surface area contributed by atoms with Crippen molar-refractivity contribution in [3.8, 4) is 16.9 Å². The first-order chi connectivity index (χ1) is 12.0. The topological polar surface area (TPSA) is 75.6 Å². The molecule has 0 radical (unpaired) electrons. The molecule has 0 saturated carbocycles. The number of rotatable bonds is 6. The molecule has 3 rings (SSSR count). The average molecular weight is 357 g/mol. The summed E-state index contributed by atoms with van der Waals surface area (Å²) in [5.41, 5.74) is 2.09. The van der Waals surface area contributed by atoms with Crippen molar-refractivity contribution in [3.05, 3.63) is 35.5 Å². The molecule has 6 nitrogen and oxygen atoms in total. The summed E-state index contributed by atoms with van der Waals surface area (Å²) < 4.78 is 5.22. The number of aromatic nitrogens is 2. The third kappa shape index (κ3) is 3.56. The monoisotopic (exact) mass is 357 g/mol. The highest BCUT2D eigenvalue weighted by Crippen LogP contribution is 2.38. The molecule has 2 heterocycles. The summed E-state index contributed by atoms with van der Waals surface area (Å²) in [5, 5.41) is 12.0. The van der Waals surface area contributed by atoms with Gasteiger partial charge in [0.25, 0.3) is 0 Å². The molecule has 1 N–H and O–H groups in total. The maximum Gasteiger partial charge on any atom is 0.305 e. The van der Waals surface area contributed by atoms with E-state index in [1.54, 1.807) is 18.4 Å². The van der Waals surface area contributed by atoms with Gasteiger partial charge in [-0.15, -0.1) is 11.3 Å². The van der Waals surface area contributed by atoms with Crippen molar-refractivity contribution in [1.29, 1.82) is 0 Å². The Balaban J connectivity index is 2.09. The fourth-order valence-electron chi connectivity index (χ4n) is 2.66. The second kappa shape index (κ2) is 7.06. The van der Waals surface area contributed by atoms with E-state index < -0.39 is 5.97 Å². The number of carboxylic acids is 1. The van der Waals surface area contributed by atoms with Crippen LogP contribution in [-0.2, 0) is 4.79 Å². The van der Waals surface area contributed by atoms with E-state index in [2.05, 4.69) is 15.3 Å². The second-order valence-electron chi connectivity index (χ2n) is 5.72. The highest BCUT2D eigenvalue weighted by molar-refractivity contribution is 7.17. The molecular weight excluding hydrogens is 338 g/mol. The maximum atomic E-state index is 10.9. The van der Waals surface area contributed by atoms with Gasteiger partial charge in [0, 0.05) is 24.5 Å². The van der Waals surface area contributed by atoms with Gasteiger partial charge in [-0.3, -0.25) is 4.79 Å². The van der Waals surface area contributed by atoms with Gasteiger partial charge in [-0.2, -0.15) is 0 Å². The molecule has 7 heteroatoms. The van der Waals surface area contributed by atoms with E-state index >= 15 is 0 Å². The molecule has 0 spiro atoms. The SMILES string of the molecule is COc1ccc(-c2csc3nc(C)nc(N(C)CCC(=O)O)c23)cc1. The lowest BCUT2D eigenvalue weighted by Crippen LogP contribution is -2.22. The van der Waals surface area contributed by atoms with Gasteiger partial charge >= 0.3 is 5.97 Å². The Hall–Kier alpha value is -2.67. The highest BCUT2D eigenvalue weighted by Gasteiger charge is 2.17. The molecule has 0 aliphatic rings. The van der Waals surface area contributed by atoms with Crippen LogP contribution in [0.25, 0.3) is 21.3 Å². The van der Waals surface area contributed by atoms with Crippen molar-refractivity contribution < 1.29 is 14.6 Å². The van der Waals surface area contributed by atoms with Crippen LogP contribution in [0.3, 0.4) is 0 Å². The standard InChI is InChI=1S/C18H19N3O3S/c1-11-19-17(21(2)9-8-15(22)23)16-14(10-25-18(16)20-11)12-4-6-13(24-3)7-5-12/h4-7,10H,8-9H2,1-3H3,(H,22,23). The maximum absolute atomic E-state index is 10.9. The summed E-state index contributed by atoms with van der Waals surface area (Å²) in [4.78, 5) is 22.8. The number of thiophene rings is 1. The van der Waals surface area contributed by atoms with E-state index in [0.717, 1.165) is 32.9 Å². The molecule has 1 aromatic carbocycles. The first kappa shape index (κ1) is 17.2. The summed E-state index contributed by atoms with van der Waals surface area (Å²) >= 11 is 1.56. The number of carboxylic acid groups (broad SMARTS) is 1. The average Bonchev–Trinajstić information content (AvgIpc) is 3.02. The van der Waals surface area contributed by atoms with Gasteiger partial charge in [-0.05, 0) is 24.6 Å². The molecule has 0 atom stereocenters. The van der Waals surface area contributed by atoms with E-state index in [-0.39, 0.29) is 6.42 Å². The number of fused-ring (bicyclic) bond motifs is 1. The number of hydrogen-bond acceptors (Lipinski definition) is 6. The summed E-state index contributed by atoms with van der Waals surface area (Å²) in [5.74, 6) is 1.41. The molecule has 0 bridgehead atoms. The molecule has 0 aliphatic carbocycles. The molecule has 0 unspecified atom stereocenters. The van der Waals surface area contributed by atoms with Gasteiger partial charge in [0.15, 0.2) is 0 Å². The number of carbonyl (C=O) groups is 1. The first-order valence-electron chi connectivity index (χ1n) is 7.83. The number of nitrogens with zero attached hydrogens (tertiary/aromatic N) is 3. The third-order valence-electron chi connectivity index (χ3n) is 3.95. The minimum absolute atomic E-state index is 0.0586. The van der Waals surface area contributed by atoms with Crippen molar-refractivity contribution in [1.82, 2.24) is 9.97 Å². The first-order valence-corrected chi connectivity index (χ1v) is 8.70. The number of hydrogen-bond donors (Lipinski definition) is 1. The van der Waals surface area contributed by atoms with Crippen molar-refractivity contribution in [3.63, 3.8) is 0 Å². The third-order valence-corrected chi connectivity index (χ3v) is 4.82. The zero-order valence-electron chi connectivity index (χ0n) is 14.3. The Morgan fingerprint density at radius 3 is 2.64 bits per heavy atom. The van der Waals surface area contributed by atoms with Crippen molar-refractivity contribution in [2.75, 3.05) is 25.6 Å². The Morgan fingerprint density at radius 2 is 2.00 bits per heavy atom. The van der Waals surface area contributed by atoms with Crippen LogP contribution in [-0.4, -0.2) is 41.7 Å². The molecule has 3 aromatic rings. The Kier molecular flexibility index (Phi) is 4.85. The molecule has 0 aliphatic heterocycles. The van der Waals surface area contributed by atoms with Crippen molar-refractivity contribution >= 4 is 33.3 Å². The van der Waals surface area contributed by atoms with Crippen LogP contribution < -0.4 is 9.64 Å². The lowest BCUT2D eigenvalue weighted by Gasteiger charge is -2.19. The summed E-state index contributed by atoms with van der Waals surface area (Å²) in [6.45, 7) is 2.24. The van der Waals surface area contributed by atoms with E-state index in [1.807, 2.05) is 43.1 Å². The van der Waals surface area contributed by atoms with Crippen molar-refractivity contribution in [2.24, 2.45) is 0 Å². The predicted octanol–water partition coefficient (Wildman–Crippen LogP) is 3.59. The minimum atomic E-state index is -0.824. The molecule has 130 valence electrons. The molecule has 0 amide bonds. The number of anilines is 1. The van der Waals surface area contributed by atoms with Gasteiger partial charge in [-0.1, -0.05) is 12.1 Å². The number of benzene rings is 1. The molecule has 0 fully saturated rings. The van der Waals surface area contributed by atoms with Gasteiger partial charge in [0.05, 0.1) is 18.9 Å². The quantitative estimate of drug-likeness (QED) is 0.727. The molecule has 25 heavy (non-hydrogen) atoms. The fraction of sp³-hybridized carbons (Fsp3) is 0.278. The Bertz CT molecular complexity index is 906. The lowest BCUT2D eigenvalue weighted by atomic mass is 10.1. The zero-order valence-corrected chi connectivity index (χ0v) is 15.1. The van der Waals surface area contributed by atoms with E-state index in [9.17, 15) is 4.79 Å². The van der Waals surface area contributed by atoms with Gasteiger partial charge in [0.1, 0.15) is 22.2 Å². The molecule has 2 aromatic heterocycles. The van der Waals surface area contributed by atoms with Crippen LogP contribution in [0.5, 0.6) is 5.75 Å². The van der Waals surface area contributed by atoms with Crippen LogP contribution in [0.1, 0.15) is 12.2 Å². The van der Waals surface area contributed by atoms with Crippen LogP contribution in [0.2, 0.25) is 0 Å². The number of ether oxygens (including phenoxy) is 1. The van der Waals surface area contributed by atoms with Crippen LogP contribution in [0.4, 0.5) is 5.82 Å².